The molecule has 3 heterocycles. The lowest BCUT2D eigenvalue weighted by molar-refractivity contribution is -0.167. The normalized spacial score (nSPS) is 21.6. The number of carbonyl (C=O) groups is 3. The van der Waals surface area contributed by atoms with E-state index in [1.54, 1.807) is 59.6 Å². The number of amides is 1. The van der Waals surface area contributed by atoms with Gasteiger partial charge in [-0.1, -0.05) is 18.2 Å². The number of carbonyl (C=O) groups excluding carboxylic acids is 3. The van der Waals surface area contributed by atoms with Crippen molar-refractivity contribution in [2.24, 2.45) is 0 Å². The van der Waals surface area contributed by atoms with Crippen LogP contribution in [0, 0.1) is 11.3 Å². The SMILES string of the molecule is N#Cc1ccc(N2C=C(C(=O)OC3OC(=O)c4ccccc43)N3C(=O)C[C@@H]32)cc1. The monoisotopic (exact) mass is 387 g/mol. The van der Waals surface area contributed by atoms with E-state index in [2.05, 4.69) is 6.07 Å². The molecule has 0 N–H and O–H groups in total. The smallest absolute Gasteiger partial charge is 0.360 e. The zero-order valence-corrected chi connectivity index (χ0v) is 14.9. The van der Waals surface area contributed by atoms with Gasteiger partial charge in [0.15, 0.2) is 0 Å². The number of cyclic esters (lactones) is 1. The Balaban J connectivity index is 1.41. The van der Waals surface area contributed by atoms with Gasteiger partial charge in [0.1, 0.15) is 11.9 Å². The molecule has 3 aliphatic rings. The lowest BCUT2D eigenvalue weighted by atomic mass is 10.1. The Morgan fingerprint density at radius 2 is 1.90 bits per heavy atom. The molecule has 0 radical (unpaired) electrons. The second kappa shape index (κ2) is 6.21. The second-order valence-corrected chi connectivity index (χ2v) is 6.76. The van der Waals surface area contributed by atoms with Crippen LogP contribution in [0.1, 0.15) is 34.2 Å². The maximum atomic E-state index is 12.8. The number of nitriles is 1. The molecule has 29 heavy (non-hydrogen) atoms. The third kappa shape index (κ3) is 2.56. The number of β-lactam (4-membered cyclic amide) rings is 1. The standard InChI is InChI=1S/C21H13N3O5/c22-10-12-5-7-13(8-6-12)23-11-16(24-17(23)9-18(24)25)20(27)29-21-15-4-2-1-3-14(15)19(26)28-21/h1-8,11,17,21H,9H2/t17-,21?/m1/s1. The van der Waals surface area contributed by atoms with Crippen molar-refractivity contribution in [3.05, 3.63) is 77.1 Å². The summed E-state index contributed by atoms with van der Waals surface area (Å²) >= 11 is 0. The maximum Gasteiger partial charge on any atom is 0.360 e. The van der Waals surface area contributed by atoms with E-state index in [0.29, 0.717) is 16.7 Å². The van der Waals surface area contributed by atoms with Crippen molar-refractivity contribution in [3.63, 3.8) is 0 Å². The zero-order valence-electron chi connectivity index (χ0n) is 14.9. The first-order valence-electron chi connectivity index (χ1n) is 8.90. The highest BCUT2D eigenvalue weighted by atomic mass is 16.7. The summed E-state index contributed by atoms with van der Waals surface area (Å²) in [5.41, 5.74) is 2.16. The summed E-state index contributed by atoms with van der Waals surface area (Å²) in [7, 11) is 0. The van der Waals surface area contributed by atoms with E-state index in [1.165, 1.54) is 4.90 Å². The molecule has 1 saturated heterocycles. The Labute approximate surface area is 165 Å². The van der Waals surface area contributed by atoms with Crippen LogP contribution in [0.15, 0.2) is 60.4 Å². The average Bonchev–Trinajstić information content (AvgIpc) is 3.22. The maximum absolute atomic E-state index is 12.8. The summed E-state index contributed by atoms with van der Waals surface area (Å²) in [6, 6.07) is 15.6. The minimum Gasteiger partial charge on any atom is -0.417 e. The van der Waals surface area contributed by atoms with Crippen molar-refractivity contribution < 1.29 is 23.9 Å². The fourth-order valence-electron chi connectivity index (χ4n) is 3.66. The van der Waals surface area contributed by atoms with E-state index in [0.717, 1.165) is 5.69 Å². The Morgan fingerprint density at radius 1 is 1.14 bits per heavy atom. The van der Waals surface area contributed by atoms with Crippen LogP contribution in [0.2, 0.25) is 0 Å². The van der Waals surface area contributed by atoms with E-state index in [1.807, 2.05) is 0 Å². The number of hydrogen-bond acceptors (Lipinski definition) is 7. The van der Waals surface area contributed by atoms with Crippen LogP contribution in [0.5, 0.6) is 0 Å². The Morgan fingerprint density at radius 3 is 2.62 bits per heavy atom. The molecular formula is C21H13N3O5. The fourth-order valence-corrected chi connectivity index (χ4v) is 3.66. The van der Waals surface area contributed by atoms with Crippen LogP contribution in [0.25, 0.3) is 0 Å². The van der Waals surface area contributed by atoms with Crippen molar-refractivity contribution in [1.82, 2.24) is 4.90 Å². The van der Waals surface area contributed by atoms with Gasteiger partial charge >= 0.3 is 11.9 Å². The van der Waals surface area contributed by atoms with Gasteiger partial charge in [-0.15, -0.1) is 0 Å². The number of rotatable bonds is 3. The van der Waals surface area contributed by atoms with Crippen LogP contribution in [-0.2, 0) is 19.1 Å². The molecule has 0 bridgehead atoms. The van der Waals surface area contributed by atoms with Crippen LogP contribution in [-0.4, -0.2) is 28.9 Å². The number of anilines is 1. The third-order valence-electron chi connectivity index (χ3n) is 5.13. The van der Waals surface area contributed by atoms with Crippen molar-refractivity contribution in [2.75, 3.05) is 4.90 Å². The van der Waals surface area contributed by atoms with E-state index < -0.39 is 18.2 Å². The third-order valence-corrected chi connectivity index (χ3v) is 5.13. The summed E-state index contributed by atoms with van der Waals surface area (Å²) in [5, 5.41) is 8.95. The highest BCUT2D eigenvalue weighted by Crippen LogP contribution is 2.39. The van der Waals surface area contributed by atoms with Gasteiger partial charge in [-0.2, -0.15) is 5.26 Å². The van der Waals surface area contributed by atoms with E-state index in [4.69, 9.17) is 14.7 Å². The predicted octanol–water partition coefficient (Wildman–Crippen LogP) is 2.19. The van der Waals surface area contributed by atoms with Gasteiger partial charge < -0.3 is 14.4 Å². The molecule has 2 atom stereocenters. The van der Waals surface area contributed by atoms with Crippen LogP contribution in [0.3, 0.4) is 0 Å². The van der Waals surface area contributed by atoms with Crippen LogP contribution < -0.4 is 4.90 Å². The first-order valence-corrected chi connectivity index (χ1v) is 8.90. The molecule has 8 heteroatoms. The molecule has 2 aromatic carbocycles. The van der Waals surface area contributed by atoms with Gasteiger partial charge in [0.2, 0.25) is 5.91 Å². The molecule has 1 unspecified atom stereocenters. The van der Waals surface area contributed by atoms with E-state index in [-0.39, 0.29) is 24.2 Å². The van der Waals surface area contributed by atoms with E-state index in [9.17, 15) is 14.4 Å². The molecule has 1 amide bonds. The number of esters is 2. The lowest BCUT2D eigenvalue weighted by Crippen LogP contribution is -2.55. The highest BCUT2D eigenvalue weighted by molar-refractivity contribution is 6.00. The molecule has 0 spiro atoms. The molecule has 0 aromatic heterocycles. The first-order chi connectivity index (χ1) is 14.1. The van der Waals surface area contributed by atoms with Gasteiger partial charge in [0.05, 0.1) is 23.6 Å². The number of fused-ring (bicyclic) bond motifs is 2. The van der Waals surface area contributed by atoms with Gasteiger partial charge in [-0.05, 0) is 30.3 Å². The Kier molecular flexibility index (Phi) is 3.64. The van der Waals surface area contributed by atoms with Crippen molar-refractivity contribution in [1.29, 1.82) is 5.26 Å². The van der Waals surface area contributed by atoms with Crippen molar-refractivity contribution >= 4 is 23.5 Å². The summed E-state index contributed by atoms with van der Waals surface area (Å²) in [5.74, 6) is -1.51. The molecule has 0 aliphatic carbocycles. The zero-order chi connectivity index (χ0) is 20.1. The predicted molar refractivity (Wildman–Crippen MR) is 97.7 cm³/mol. The molecule has 142 valence electrons. The molecular weight excluding hydrogens is 374 g/mol. The summed E-state index contributed by atoms with van der Waals surface area (Å²) in [6.45, 7) is 0. The molecule has 5 rings (SSSR count). The van der Waals surface area contributed by atoms with Gasteiger partial charge in [-0.3, -0.25) is 9.69 Å². The Hall–Kier alpha value is -4.12. The highest BCUT2D eigenvalue weighted by Gasteiger charge is 2.50. The minimum absolute atomic E-state index is 0.0797. The summed E-state index contributed by atoms with van der Waals surface area (Å²) < 4.78 is 10.5. The second-order valence-electron chi connectivity index (χ2n) is 6.76. The molecule has 1 fully saturated rings. The van der Waals surface area contributed by atoms with Crippen molar-refractivity contribution in [2.45, 2.75) is 18.9 Å². The molecule has 2 aromatic rings. The quantitative estimate of drug-likeness (QED) is 0.588. The topological polar surface area (TPSA) is 99.9 Å². The largest absolute Gasteiger partial charge is 0.417 e. The van der Waals surface area contributed by atoms with Crippen LogP contribution in [0.4, 0.5) is 5.69 Å². The number of nitrogens with zero attached hydrogens (tertiary/aromatic N) is 3. The van der Waals surface area contributed by atoms with Gasteiger partial charge in [0.25, 0.3) is 6.29 Å². The van der Waals surface area contributed by atoms with Crippen LogP contribution >= 0.6 is 0 Å². The van der Waals surface area contributed by atoms with E-state index >= 15 is 0 Å². The number of hydrogen-bond donors (Lipinski definition) is 0. The molecule has 0 saturated carbocycles. The molecule has 3 aliphatic heterocycles. The Bertz CT molecular complexity index is 1130. The van der Waals surface area contributed by atoms with Gasteiger partial charge in [-0.25, -0.2) is 9.59 Å². The van der Waals surface area contributed by atoms with Crippen molar-refractivity contribution in [3.8, 4) is 6.07 Å². The number of benzene rings is 2. The summed E-state index contributed by atoms with van der Waals surface area (Å²) in [4.78, 5) is 40.0. The summed E-state index contributed by atoms with van der Waals surface area (Å²) in [6.07, 6.45) is 0.332. The minimum atomic E-state index is -1.15. The lowest BCUT2D eigenvalue weighted by Gasteiger charge is -2.40. The average molecular weight is 387 g/mol. The van der Waals surface area contributed by atoms with Gasteiger partial charge in [0, 0.05) is 17.5 Å². The number of ether oxygens (including phenoxy) is 2. The fraction of sp³-hybridized carbons (Fsp3) is 0.143. The molecule has 8 nitrogen and oxygen atoms in total. The first kappa shape index (κ1) is 17.0.